The first-order valence-electron chi connectivity index (χ1n) is 7.25. The van der Waals surface area contributed by atoms with E-state index in [2.05, 4.69) is 12.2 Å². The van der Waals surface area contributed by atoms with Crippen molar-refractivity contribution in [1.29, 1.82) is 0 Å². The molecule has 1 atom stereocenters. The van der Waals surface area contributed by atoms with Gasteiger partial charge >= 0.3 is 0 Å². The minimum atomic E-state index is -0.170. The van der Waals surface area contributed by atoms with Crippen molar-refractivity contribution >= 4 is 5.91 Å². The van der Waals surface area contributed by atoms with Crippen molar-refractivity contribution < 1.29 is 4.79 Å². The van der Waals surface area contributed by atoms with Crippen molar-refractivity contribution in [2.45, 2.75) is 84.2 Å². The summed E-state index contributed by atoms with van der Waals surface area (Å²) in [6.07, 6.45) is 11.4. The Morgan fingerprint density at radius 2 is 1.53 bits per heavy atom. The van der Waals surface area contributed by atoms with Crippen molar-refractivity contribution in [3.63, 3.8) is 0 Å². The molecule has 0 heterocycles. The van der Waals surface area contributed by atoms with Gasteiger partial charge in [-0.15, -0.1) is 0 Å². The van der Waals surface area contributed by atoms with Crippen molar-refractivity contribution in [3.8, 4) is 0 Å². The maximum Gasteiger partial charge on any atom is 0.221 e. The van der Waals surface area contributed by atoms with E-state index in [1.807, 2.05) is 6.92 Å². The molecule has 1 unspecified atom stereocenters. The zero-order chi connectivity index (χ0) is 12.9. The van der Waals surface area contributed by atoms with E-state index < -0.39 is 0 Å². The van der Waals surface area contributed by atoms with Crippen LogP contribution in [-0.2, 0) is 4.79 Å². The highest BCUT2D eigenvalue weighted by Crippen LogP contribution is 2.09. The van der Waals surface area contributed by atoms with E-state index >= 15 is 0 Å². The smallest absolute Gasteiger partial charge is 0.221 e. The van der Waals surface area contributed by atoms with Gasteiger partial charge in [0, 0.05) is 6.42 Å². The third kappa shape index (κ3) is 11.7. The van der Waals surface area contributed by atoms with E-state index in [-0.39, 0.29) is 12.1 Å². The molecule has 3 heteroatoms. The lowest BCUT2D eigenvalue weighted by atomic mass is 10.1. The van der Waals surface area contributed by atoms with Crippen LogP contribution >= 0.6 is 0 Å². The maximum atomic E-state index is 11.4. The third-order valence-corrected chi connectivity index (χ3v) is 3.04. The monoisotopic (exact) mass is 242 g/mol. The molecule has 0 aliphatic rings. The van der Waals surface area contributed by atoms with Gasteiger partial charge in [0.2, 0.25) is 5.91 Å². The second-order valence-electron chi connectivity index (χ2n) is 4.81. The predicted octanol–water partition coefficient (Wildman–Crippen LogP) is 3.33. The Kier molecular flexibility index (Phi) is 11.5. The van der Waals surface area contributed by atoms with Crippen LogP contribution in [0.2, 0.25) is 0 Å². The third-order valence-electron chi connectivity index (χ3n) is 3.04. The molecule has 17 heavy (non-hydrogen) atoms. The normalized spacial score (nSPS) is 12.4. The zero-order valence-corrected chi connectivity index (χ0v) is 11.6. The van der Waals surface area contributed by atoms with Gasteiger partial charge in [0.25, 0.3) is 0 Å². The Bertz CT molecular complexity index is 183. The quantitative estimate of drug-likeness (QED) is 0.431. The Hall–Kier alpha value is -0.570. The summed E-state index contributed by atoms with van der Waals surface area (Å²) in [6, 6.07) is 0. The van der Waals surface area contributed by atoms with Gasteiger partial charge in [-0.3, -0.25) is 4.79 Å². The molecule has 0 saturated heterocycles. The number of carbonyl (C=O) groups is 1. The second kappa shape index (κ2) is 11.9. The van der Waals surface area contributed by atoms with Gasteiger partial charge in [0.15, 0.2) is 0 Å². The van der Waals surface area contributed by atoms with Gasteiger partial charge in [0.05, 0.1) is 6.17 Å². The van der Waals surface area contributed by atoms with Gasteiger partial charge in [-0.25, -0.2) is 0 Å². The zero-order valence-electron chi connectivity index (χ0n) is 11.6. The molecule has 0 aromatic heterocycles. The van der Waals surface area contributed by atoms with Crippen LogP contribution in [-0.4, -0.2) is 12.1 Å². The number of unbranched alkanes of at least 4 members (excludes halogenated alkanes) is 7. The summed E-state index contributed by atoms with van der Waals surface area (Å²) < 4.78 is 0. The highest BCUT2D eigenvalue weighted by atomic mass is 16.1. The van der Waals surface area contributed by atoms with Gasteiger partial charge in [-0.1, -0.05) is 58.8 Å². The number of hydrogen-bond donors (Lipinski definition) is 2. The van der Waals surface area contributed by atoms with Crippen LogP contribution in [0.1, 0.15) is 78.1 Å². The molecule has 0 aliphatic heterocycles. The summed E-state index contributed by atoms with van der Waals surface area (Å²) in [6.45, 7) is 4.21. The number of nitrogens with two attached hydrogens (primary N) is 1. The molecule has 0 bridgehead atoms. The summed E-state index contributed by atoms with van der Waals surface area (Å²) in [5.41, 5.74) is 5.64. The number of amides is 1. The molecule has 0 radical (unpaired) electrons. The Labute approximate surface area is 107 Å². The first-order valence-corrected chi connectivity index (χ1v) is 7.25. The van der Waals surface area contributed by atoms with Crippen LogP contribution in [0.4, 0.5) is 0 Å². The molecule has 3 nitrogen and oxygen atoms in total. The van der Waals surface area contributed by atoms with E-state index in [4.69, 9.17) is 5.73 Å². The highest BCUT2D eigenvalue weighted by Gasteiger charge is 2.04. The molecular weight excluding hydrogens is 212 g/mol. The van der Waals surface area contributed by atoms with Gasteiger partial charge in [0.1, 0.15) is 0 Å². The molecule has 3 N–H and O–H groups in total. The van der Waals surface area contributed by atoms with E-state index in [1.165, 1.54) is 44.9 Å². The highest BCUT2D eigenvalue weighted by molar-refractivity contribution is 5.76. The fourth-order valence-corrected chi connectivity index (χ4v) is 1.80. The van der Waals surface area contributed by atoms with E-state index in [0.29, 0.717) is 6.42 Å². The average Bonchev–Trinajstić information content (AvgIpc) is 2.32. The minimum Gasteiger partial charge on any atom is -0.341 e. The lowest BCUT2D eigenvalue weighted by Crippen LogP contribution is -2.40. The molecule has 0 saturated carbocycles. The van der Waals surface area contributed by atoms with Gasteiger partial charge < -0.3 is 11.1 Å². The van der Waals surface area contributed by atoms with Crippen molar-refractivity contribution in [2.75, 3.05) is 0 Å². The van der Waals surface area contributed by atoms with Crippen LogP contribution < -0.4 is 11.1 Å². The molecule has 102 valence electrons. The summed E-state index contributed by atoms with van der Waals surface area (Å²) in [7, 11) is 0. The number of hydrogen-bond acceptors (Lipinski definition) is 2. The summed E-state index contributed by atoms with van der Waals surface area (Å²) in [5.74, 6) is 0.102. The van der Waals surface area contributed by atoms with Crippen LogP contribution in [0.5, 0.6) is 0 Å². The lowest BCUT2D eigenvalue weighted by molar-refractivity contribution is -0.121. The lowest BCUT2D eigenvalue weighted by Gasteiger charge is -2.10. The SMILES string of the molecule is CCCCCCCCCCC(=O)NC(N)CC. The first-order chi connectivity index (χ1) is 8.20. The van der Waals surface area contributed by atoms with E-state index in [0.717, 1.165) is 12.8 Å². The molecule has 0 spiro atoms. The van der Waals surface area contributed by atoms with Crippen molar-refractivity contribution in [2.24, 2.45) is 5.73 Å². The Morgan fingerprint density at radius 3 is 2.06 bits per heavy atom. The summed E-state index contributed by atoms with van der Waals surface area (Å²) >= 11 is 0. The van der Waals surface area contributed by atoms with Crippen LogP contribution in [0.3, 0.4) is 0 Å². The molecule has 0 aliphatic carbocycles. The summed E-state index contributed by atoms with van der Waals surface area (Å²) in [5, 5.41) is 2.79. The number of carbonyl (C=O) groups excluding carboxylic acids is 1. The van der Waals surface area contributed by atoms with Crippen molar-refractivity contribution in [1.82, 2.24) is 5.32 Å². The largest absolute Gasteiger partial charge is 0.341 e. The molecule has 1 amide bonds. The molecule has 0 rings (SSSR count). The Morgan fingerprint density at radius 1 is 1.00 bits per heavy atom. The van der Waals surface area contributed by atoms with Crippen molar-refractivity contribution in [3.05, 3.63) is 0 Å². The topological polar surface area (TPSA) is 55.1 Å². The van der Waals surface area contributed by atoms with E-state index in [9.17, 15) is 4.79 Å². The predicted molar refractivity (Wildman–Crippen MR) is 73.6 cm³/mol. The Balaban J connectivity index is 3.19. The van der Waals surface area contributed by atoms with E-state index in [1.54, 1.807) is 0 Å². The van der Waals surface area contributed by atoms with Gasteiger partial charge in [-0.2, -0.15) is 0 Å². The molecular formula is C14H30N2O. The fraction of sp³-hybridized carbons (Fsp3) is 0.929. The minimum absolute atomic E-state index is 0.102. The fourth-order valence-electron chi connectivity index (χ4n) is 1.80. The number of rotatable bonds is 11. The molecule has 0 aromatic rings. The standard InChI is InChI=1S/C14H30N2O/c1-3-5-6-7-8-9-10-11-12-14(17)16-13(15)4-2/h13H,3-12,15H2,1-2H3,(H,16,17). The number of nitrogens with one attached hydrogen (secondary N) is 1. The molecule has 0 fully saturated rings. The summed E-state index contributed by atoms with van der Waals surface area (Å²) in [4.78, 5) is 11.4. The van der Waals surface area contributed by atoms with Crippen LogP contribution in [0.15, 0.2) is 0 Å². The second-order valence-corrected chi connectivity index (χ2v) is 4.81. The van der Waals surface area contributed by atoms with Crippen LogP contribution in [0.25, 0.3) is 0 Å². The maximum absolute atomic E-state index is 11.4. The first kappa shape index (κ1) is 16.4. The molecule has 0 aromatic carbocycles. The van der Waals surface area contributed by atoms with Crippen LogP contribution in [0, 0.1) is 0 Å². The van der Waals surface area contributed by atoms with Gasteiger partial charge in [-0.05, 0) is 12.8 Å². The average molecular weight is 242 g/mol.